The van der Waals surface area contributed by atoms with E-state index in [4.69, 9.17) is 0 Å². The molecule has 0 unspecified atom stereocenters. The smallest absolute Gasteiger partial charge is 0.276 e. The summed E-state index contributed by atoms with van der Waals surface area (Å²) < 4.78 is 1.68. The van der Waals surface area contributed by atoms with Gasteiger partial charge in [0.25, 0.3) is 5.91 Å². The maximum absolute atomic E-state index is 13.0. The molecule has 1 N–H and O–H groups in total. The minimum atomic E-state index is -0.240. The molecule has 3 heterocycles. The molecule has 140 valence electrons. The first-order chi connectivity index (χ1) is 13.6. The number of aromatic nitrogens is 4. The van der Waals surface area contributed by atoms with Crippen molar-refractivity contribution in [3.63, 3.8) is 0 Å². The molecule has 4 aromatic rings. The first-order valence-electron chi connectivity index (χ1n) is 8.94. The lowest BCUT2D eigenvalue weighted by molar-refractivity contribution is 0.101. The summed E-state index contributed by atoms with van der Waals surface area (Å²) in [6, 6.07) is 15.3. The van der Waals surface area contributed by atoms with Crippen molar-refractivity contribution in [3.05, 3.63) is 77.7 Å². The minimum absolute atomic E-state index is 0.216. The Morgan fingerprint density at radius 1 is 1.14 bits per heavy atom. The molecule has 0 bridgehead atoms. The van der Waals surface area contributed by atoms with E-state index in [1.807, 2.05) is 53.9 Å². The predicted molar refractivity (Wildman–Crippen MR) is 111 cm³/mol. The van der Waals surface area contributed by atoms with E-state index in [2.05, 4.69) is 34.2 Å². The van der Waals surface area contributed by atoms with Crippen molar-refractivity contribution in [1.82, 2.24) is 19.7 Å². The number of para-hydroxylation sites is 1. The summed E-state index contributed by atoms with van der Waals surface area (Å²) in [5, 5.41) is 9.97. The van der Waals surface area contributed by atoms with Gasteiger partial charge in [0.05, 0.1) is 17.1 Å². The van der Waals surface area contributed by atoms with Gasteiger partial charge in [-0.2, -0.15) is 5.10 Å². The number of thiazole rings is 1. The number of anilines is 1. The van der Waals surface area contributed by atoms with Gasteiger partial charge >= 0.3 is 0 Å². The van der Waals surface area contributed by atoms with Gasteiger partial charge in [0.15, 0.2) is 5.13 Å². The van der Waals surface area contributed by atoms with Gasteiger partial charge in [0.1, 0.15) is 5.69 Å². The Morgan fingerprint density at radius 2 is 1.96 bits per heavy atom. The monoisotopic (exact) mass is 389 g/mol. The fraction of sp³-hybridized carbons (Fsp3) is 0.143. The number of nitrogens with one attached hydrogen (secondary N) is 1. The van der Waals surface area contributed by atoms with Crippen LogP contribution in [0.15, 0.2) is 66.3 Å². The summed E-state index contributed by atoms with van der Waals surface area (Å²) in [6.07, 6.45) is 3.47. The van der Waals surface area contributed by atoms with Gasteiger partial charge in [-0.3, -0.25) is 15.1 Å². The molecule has 6 nitrogen and oxygen atoms in total. The standard InChI is InChI=1S/C21H19N5OS/c1-14(2)17-11-19(26(25-17)16-8-4-3-5-9-16)20(27)24-21-23-18(13-28-21)15-7-6-10-22-12-15/h3-14H,1-2H3,(H,23,24,27). The molecule has 4 rings (SSSR count). The van der Waals surface area contributed by atoms with Crippen LogP contribution < -0.4 is 5.32 Å². The van der Waals surface area contributed by atoms with E-state index in [1.165, 1.54) is 11.3 Å². The molecule has 0 radical (unpaired) electrons. The highest BCUT2D eigenvalue weighted by Crippen LogP contribution is 2.25. The van der Waals surface area contributed by atoms with Crippen LogP contribution in [0.3, 0.4) is 0 Å². The first kappa shape index (κ1) is 18.1. The largest absolute Gasteiger partial charge is 0.296 e. The quantitative estimate of drug-likeness (QED) is 0.534. The number of rotatable bonds is 5. The Bertz CT molecular complexity index is 1090. The summed E-state index contributed by atoms with van der Waals surface area (Å²) in [5.74, 6) is -0.0242. The highest BCUT2D eigenvalue weighted by molar-refractivity contribution is 7.14. The average molecular weight is 389 g/mol. The molecular formula is C21H19N5OS. The third kappa shape index (κ3) is 3.70. The van der Waals surface area contributed by atoms with Gasteiger partial charge in [-0.05, 0) is 36.2 Å². The van der Waals surface area contributed by atoms with E-state index in [9.17, 15) is 4.79 Å². The molecular weight excluding hydrogens is 370 g/mol. The van der Waals surface area contributed by atoms with Crippen molar-refractivity contribution in [2.45, 2.75) is 19.8 Å². The van der Waals surface area contributed by atoms with Crippen LogP contribution in [0.1, 0.15) is 35.9 Å². The highest BCUT2D eigenvalue weighted by atomic mass is 32.1. The lowest BCUT2D eigenvalue weighted by Gasteiger charge is -2.06. The van der Waals surface area contributed by atoms with E-state index >= 15 is 0 Å². The van der Waals surface area contributed by atoms with Crippen LogP contribution in [0.2, 0.25) is 0 Å². The average Bonchev–Trinajstić information content (AvgIpc) is 3.37. The summed E-state index contributed by atoms with van der Waals surface area (Å²) in [7, 11) is 0. The highest BCUT2D eigenvalue weighted by Gasteiger charge is 2.19. The molecule has 0 saturated heterocycles. The van der Waals surface area contributed by atoms with E-state index in [-0.39, 0.29) is 11.8 Å². The zero-order chi connectivity index (χ0) is 19.5. The number of pyridine rings is 1. The van der Waals surface area contributed by atoms with Crippen molar-refractivity contribution in [1.29, 1.82) is 0 Å². The first-order valence-corrected chi connectivity index (χ1v) is 9.82. The zero-order valence-corrected chi connectivity index (χ0v) is 16.4. The van der Waals surface area contributed by atoms with E-state index < -0.39 is 0 Å². The molecule has 1 amide bonds. The van der Waals surface area contributed by atoms with Crippen molar-refractivity contribution in [2.24, 2.45) is 0 Å². The van der Waals surface area contributed by atoms with Gasteiger partial charge in [0.2, 0.25) is 0 Å². The summed E-state index contributed by atoms with van der Waals surface area (Å²) in [6.45, 7) is 4.11. The minimum Gasteiger partial charge on any atom is -0.296 e. The van der Waals surface area contributed by atoms with Crippen LogP contribution in [0.25, 0.3) is 16.9 Å². The number of hydrogen-bond donors (Lipinski definition) is 1. The fourth-order valence-electron chi connectivity index (χ4n) is 2.75. The van der Waals surface area contributed by atoms with Gasteiger partial charge in [0, 0.05) is 23.3 Å². The van der Waals surface area contributed by atoms with Crippen molar-refractivity contribution in [3.8, 4) is 16.9 Å². The van der Waals surface area contributed by atoms with Gasteiger partial charge < -0.3 is 0 Å². The van der Waals surface area contributed by atoms with Crippen LogP contribution in [0, 0.1) is 0 Å². The number of hydrogen-bond acceptors (Lipinski definition) is 5. The van der Waals surface area contributed by atoms with Crippen LogP contribution in [-0.2, 0) is 0 Å². The molecule has 0 aliphatic heterocycles. The topological polar surface area (TPSA) is 72.7 Å². The van der Waals surface area contributed by atoms with Crippen molar-refractivity contribution >= 4 is 22.4 Å². The van der Waals surface area contributed by atoms with Gasteiger partial charge in [-0.15, -0.1) is 11.3 Å². The second-order valence-corrected chi connectivity index (χ2v) is 7.45. The number of carbonyl (C=O) groups is 1. The number of amides is 1. The Kier molecular flexibility index (Phi) is 4.99. The van der Waals surface area contributed by atoms with Crippen LogP contribution in [-0.4, -0.2) is 25.7 Å². The fourth-order valence-corrected chi connectivity index (χ4v) is 3.46. The Balaban J connectivity index is 1.63. The molecule has 0 fully saturated rings. The Labute approximate surface area is 166 Å². The molecule has 3 aromatic heterocycles. The van der Waals surface area contributed by atoms with Gasteiger partial charge in [-0.25, -0.2) is 9.67 Å². The van der Waals surface area contributed by atoms with Crippen LogP contribution >= 0.6 is 11.3 Å². The maximum atomic E-state index is 13.0. The van der Waals surface area contributed by atoms with E-state index in [1.54, 1.807) is 17.1 Å². The zero-order valence-electron chi connectivity index (χ0n) is 15.5. The van der Waals surface area contributed by atoms with Crippen molar-refractivity contribution in [2.75, 3.05) is 5.32 Å². The van der Waals surface area contributed by atoms with Crippen LogP contribution in [0.4, 0.5) is 5.13 Å². The molecule has 28 heavy (non-hydrogen) atoms. The van der Waals surface area contributed by atoms with Crippen LogP contribution in [0.5, 0.6) is 0 Å². The number of nitrogens with zero attached hydrogens (tertiary/aromatic N) is 4. The lowest BCUT2D eigenvalue weighted by atomic mass is 10.1. The molecule has 0 saturated carbocycles. The summed E-state index contributed by atoms with van der Waals surface area (Å²) in [4.78, 5) is 21.6. The predicted octanol–water partition coefficient (Wildman–Crippen LogP) is 4.77. The Hall–Kier alpha value is -3.32. The normalized spacial score (nSPS) is 11.0. The number of carbonyl (C=O) groups excluding carboxylic acids is 1. The molecule has 0 atom stereocenters. The van der Waals surface area contributed by atoms with Crippen molar-refractivity contribution < 1.29 is 4.79 Å². The molecule has 0 spiro atoms. The second kappa shape index (κ2) is 7.74. The summed E-state index contributed by atoms with van der Waals surface area (Å²) in [5.41, 5.74) is 3.88. The lowest BCUT2D eigenvalue weighted by Crippen LogP contribution is -2.16. The third-order valence-corrected chi connectivity index (χ3v) is 4.99. The van der Waals surface area contributed by atoms with E-state index in [0.717, 1.165) is 22.6 Å². The summed E-state index contributed by atoms with van der Waals surface area (Å²) >= 11 is 1.38. The number of benzene rings is 1. The Morgan fingerprint density at radius 3 is 2.68 bits per heavy atom. The second-order valence-electron chi connectivity index (χ2n) is 6.59. The van der Waals surface area contributed by atoms with Gasteiger partial charge in [-0.1, -0.05) is 32.0 Å². The molecule has 0 aliphatic rings. The molecule has 1 aromatic carbocycles. The maximum Gasteiger partial charge on any atom is 0.276 e. The molecule has 7 heteroatoms. The molecule has 0 aliphatic carbocycles. The third-order valence-electron chi connectivity index (χ3n) is 4.24. The SMILES string of the molecule is CC(C)c1cc(C(=O)Nc2nc(-c3cccnc3)cs2)n(-c2ccccc2)n1. The van der Waals surface area contributed by atoms with E-state index in [0.29, 0.717) is 10.8 Å².